The zero-order valence-corrected chi connectivity index (χ0v) is 20.5. The van der Waals surface area contributed by atoms with Gasteiger partial charge in [-0.05, 0) is 31.2 Å². The van der Waals surface area contributed by atoms with Crippen molar-refractivity contribution in [2.45, 2.75) is 62.0 Å². The summed E-state index contributed by atoms with van der Waals surface area (Å²) in [5, 5.41) is 82.4. The molecule has 210 valence electrons. The second-order valence-electron chi connectivity index (χ2n) is 9.65. The molecule has 3 heterocycles. The maximum absolute atomic E-state index is 13.1. The molecule has 0 saturated carbocycles. The second-order valence-corrected chi connectivity index (χ2v) is 9.65. The lowest BCUT2D eigenvalue weighted by molar-refractivity contribution is -0.331. The van der Waals surface area contributed by atoms with Crippen LogP contribution in [0.25, 0.3) is 22.3 Å². The second kappa shape index (κ2) is 10.4. The van der Waals surface area contributed by atoms with Gasteiger partial charge in [0.1, 0.15) is 71.1 Å². The average Bonchev–Trinajstić information content (AvgIpc) is 2.89. The van der Waals surface area contributed by atoms with E-state index in [0.29, 0.717) is 5.56 Å². The summed E-state index contributed by atoms with van der Waals surface area (Å²) in [6.07, 6.45) is -13.6. The number of hydrogen-bond donors (Lipinski definition) is 8. The Balaban J connectivity index is 1.63. The van der Waals surface area contributed by atoms with E-state index < -0.39 is 78.7 Å². The molecule has 2 saturated heterocycles. The first-order chi connectivity index (χ1) is 18.5. The molecule has 2 fully saturated rings. The number of aromatic hydroxyl groups is 3. The van der Waals surface area contributed by atoms with Gasteiger partial charge in [0.05, 0.1) is 18.3 Å². The van der Waals surface area contributed by atoms with E-state index in [9.17, 15) is 45.6 Å². The van der Waals surface area contributed by atoms with Crippen molar-refractivity contribution < 1.29 is 59.5 Å². The Morgan fingerprint density at radius 1 is 0.872 bits per heavy atom. The lowest BCUT2D eigenvalue weighted by atomic mass is 9.91. The summed E-state index contributed by atoms with van der Waals surface area (Å²) in [5.41, 5.74) is -0.813. The van der Waals surface area contributed by atoms with Crippen LogP contribution < -0.4 is 5.43 Å². The predicted octanol–water partition coefficient (Wildman–Crippen LogP) is -0.417. The summed E-state index contributed by atoms with van der Waals surface area (Å²) >= 11 is 0. The molecule has 0 spiro atoms. The molecule has 0 aliphatic carbocycles. The van der Waals surface area contributed by atoms with Crippen LogP contribution in [0.5, 0.6) is 17.2 Å². The highest BCUT2D eigenvalue weighted by molar-refractivity contribution is 5.89. The van der Waals surface area contributed by atoms with Crippen LogP contribution in [-0.4, -0.2) is 96.5 Å². The number of aliphatic hydroxyl groups is 5. The molecule has 8 N–H and O–H groups in total. The standard InChI is InChI=1S/C26H28O13/c1-9-19(32)21(34)22(35)26(37-9)39-25-20(33)15(31)8-36-24(25)18-13(29)6-12(28)17-14(30)7-16(38-23(17)18)10-2-4-11(27)5-3-10/h2-7,9,15,19-22,24-29,31-35H,8H2,1H3/t9-,15-,19-,20-,21?,22?,24-,25?,26-/m0/s1. The number of phenolic OH excluding ortho intramolecular Hbond substituents is 3. The van der Waals surface area contributed by atoms with Crippen molar-refractivity contribution in [3.63, 3.8) is 0 Å². The minimum atomic E-state index is -1.76. The van der Waals surface area contributed by atoms with Crippen molar-refractivity contribution in [1.29, 1.82) is 0 Å². The molecule has 2 aromatic carbocycles. The SMILES string of the molecule is C[C@@H]1O[C@@H](OC2[C@@H](O)[C@@H](O)CO[C@H]2c2c(O)cc(O)c3c(=O)cc(-c4ccc(O)cc4)oc23)C(O)C(O)[C@H]1O. The first-order valence-corrected chi connectivity index (χ1v) is 12.1. The summed E-state index contributed by atoms with van der Waals surface area (Å²) < 4.78 is 22.9. The number of ether oxygens (including phenoxy) is 3. The Morgan fingerprint density at radius 2 is 1.56 bits per heavy atom. The number of benzene rings is 2. The molecule has 1 aromatic heterocycles. The van der Waals surface area contributed by atoms with Gasteiger partial charge in [0.2, 0.25) is 0 Å². The van der Waals surface area contributed by atoms with Gasteiger partial charge < -0.3 is 59.5 Å². The van der Waals surface area contributed by atoms with E-state index >= 15 is 0 Å². The first kappa shape index (κ1) is 27.3. The topological polar surface area (TPSA) is 220 Å². The Morgan fingerprint density at radius 3 is 2.26 bits per heavy atom. The number of phenols is 3. The predicted molar refractivity (Wildman–Crippen MR) is 131 cm³/mol. The third kappa shape index (κ3) is 4.83. The van der Waals surface area contributed by atoms with Crippen molar-refractivity contribution in [3.05, 3.63) is 52.2 Å². The average molecular weight is 548 g/mol. The van der Waals surface area contributed by atoms with Crippen LogP contribution in [0.2, 0.25) is 0 Å². The molecular formula is C26H28O13. The van der Waals surface area contributed by atoms with E-state index in [1.54, 1.807) is 0 Å². The van der Waals surface area contributed by atoms with E-state index in [0.717, 1.165) is 12.1 Å². The fourth-order valence-electron chi connectivity index (χ4n) is 4.84. The van der Waals surface area contributed by atoms with Gasteiger partial charge in [0, 0.05) is 17.7 Å². The molecular weight excluding hydrogens is 520 g/mol. The van der Waals surface area contributed by atoms with Crippen LogP contribution in [0, 0.1) is 0 Å². The van der Waals surface area contributed by atoms with Crippen LogP contribution in [0.1, 0.15) is 18.6 Å². The van der Waals surface area contributed by atoms with Crippen molar-refractivity contribution in [2.24, 2.45) is 0 Å². The van der Waals surface area contributed by atoms with Crippen LogP contribution in [0.4, 0.5) is 0 Å². The van der Waals surface area contributed by atoms with Crippen LogP contribution in [-0.2, 0) is 14.2 Å². The Kier molecular flexibility index (Phi) is 7.26. The monoisotopic (exact) mass is 548 g/mol. The highest BCUT2D eigenvalue weighted by atomic mass is 16.7. The summed E-state index contributed by atoms with van der Waals surface area (Å²) in [6.45, 7) is 0.996. The van der Waals surface area contributed by atoms with E-state index in [4.69, 9.17) is 18.6 Å². The van der Waals surface area contributed by atoms with Crippen molar-refractivity contribution in [1.82, 2.24) is 0 Å². The molecule has 13 nitrogen and oxygen atoms in total. The number of fused-ring (bicyclic) bond motifs is 1. The van der Waals surface area contributed by atoms with Gasteiger partial charge >= 0.3 is 0 Å². The maximum atomic E-state index is 13.1. The molecule has 3 unspecified atom stereocenters. The molecule has 5 rings (SSSR count). The molecule has 0 radical (unpaired) electrons. The van der Waals surface area contributed by atoms with Gasteiger partial charge in [-0.3, -0.25) is 4.79 Å². The minimum absolute atomic E-state index is 0.0181. The first-order valence-electron chi connectivity index (χ1n) is 12.1. The number of rotatable bonds is 4. The molecule has 9 atom stereocenters. The Hall–Kier alpha value is -3.27. The van der Waals surface area contributed by atoms with Gasteiger partial charge in [0.25, 0.3) is 0 Å². The quantitative estimate of drug-likeness (QED) is 0.208. The smallest absolute Gasteiger partial charge is 0.197 e. The van der Waals surface area contributed by atoms with Crippen molar-refractivity contribution in [2.75, 3.05) is 6.61 Å². The van der Waals surface area contributed by atoms with E-state index in [2.05, 4.69) is 0 Å². The normalized spacial score (nSPS) is 33.3. The molecule has 0 amide bonds. The van der Waals surface area contributed by atoms with E-state index in [-0.39, 0.29) is 28.0 Å². The molecule has 2 aliphatic heterocycles. The van der Waals surface area contributed by atoms with Crippen LogP contribution in [0.3, 0.4) is 0 Å². The molecule has 3 aromatic rings. The number of aliphatic hydroxyl groups excluding tert-OH is 5. The summed E-state index contributed by atoms with van der Waals surface area (Å²) in [5.74, 6) is -1.20. The largest absolute Gasteiger partial charge is 0.508 e. The van der Waals surface area contributed by atoms with Crippen molar-refractivity contribution >= 4 is 11.0 Å². The highest BCUT2D eigenvalue weighted by Gasteiger charge is 2.49. The van der Waals surface area contributed by atoms with Gasteiger partial charge in [-0.15, -0.1) is 0 Å². The van der Waals surface area contributed by atoms with E-state index in [1.807, 2.05) is 0 Å². The fraction of sp³-hybridized carbons (Fsp3) is 0.423. The lowest BCUT2D eigenvalue weighted by Crippen LogP contribution is -2.60. The maximum Gasteiger partial charge on any atom is 0.197 e. The van der Waals surface area contributed by atoms with Crippen molar-refractivity contribution in [3.8, 4) is 28.6 Å². The zero-order chi connectivity index (χ0) is 28.2. The lowest BCUT2D eigenvalue weighted by Gasteiger charge is -2.44. The zero-order valence-electron chi connectivity index (χ0n) is 20.5. The van der Waals surface area contributed by atoms with Crippen LogP contribution in [0.15, 0.2) is 45.6 Å². The number of hydrogen-bond acceptors (Lipinski definition) is 13. The fourth-order valence-corrected chi connectivity index (χ4v) is 4.84. The third-order valence-corrected chi connectivity index (χ3v) is 7.01. The summed E-state index contributed by atoms with van der Waals surface area (Å²) in [7, 11) is 0. The summed E-state index contributed by atoms with van der Waals surface area (Å²) in [6, 6.07) is 7.70. The van der Waals surface area contributed by atoms with Gasteiger partial charge in [-0.2, -0.15) is 0 Å². The van der Waals surface area contributed by atoms with Gasteiger partial charge in [0.15, 0.2) is 17.3 Å². The summed E-state index contributed by atoms with van der Waals surface area (Å²) in [4.78, 5) is 13.1. The van der Waals surface area contributed by atoms with Gasteiger partial charge in [-0.25, -0.2) is 0 Å². The molecule has 2 aliphatic rings. The highest BCUT2D eigenvalue weighted by Crippen LogP contribution is 2.44. The van der Waals surface area contributed by atoms with E-state index in [1.165, 1.54) is 31.2 Å². The Labute approximate surface area is 220 Å². The minimum Gasteiger partial charge on any atom is -0.508 e. The Bertz CT molecular complexity index is 1400. The molecule has 13 heteroatoms. The van der Waals surface area contributed by atoms with Crippen LogP contribution >= 0.6 is 0 Å². The molecule has 39 heavy (non-hydrogen) atoms. The van der Waals surface area contributed by atoms with Gasteiger partial charge in [-0.1, -0.05) is 0 Å². The third-order valence-electron chi connectivity index (χ3n) is 7.01. The molecule has 0 bridgehead atoms.